The van der Waals surface area contributed by atoms with E-state index in [4.69, 9.17) is 10.5 Å². The molecule has 2 heterocycles. The third-order valence-electron chi connectivity index (χ3n) is 4.56. The summed E-state index contributed by atoms with van der Waals surface area (Å²) in [7, 11) is 0. The molecule has 0 radical (unpaired) electrons. The van der Waals surface area contributed by atoms with Gasteiger partial charge in [-0.1, -0.05) is 19.9 Å². The van der Waals surface area contributed by atoms with E-state index < -0.39 is 5.91 Å². The zero-order valence-corrected chi connectivity index (χ0v) is 16.5. The predicted octanol–water partition coefficient (Wildman–Crippen LogP) is 2.04. The van der Waals surface area contributed by atoms with E-state index in [-0.39, 0.29) is 17.7 Å². The molecule has 0 bridgehead atoms. The number of rotatable bonds is 8. The van der Waals surface area contributed by atoms with Gasteiger partial charge in [0.05, 0.1) is 24.5 Å². The van der Waals surface area contributed by atoms with E-state index in [1.54, 1.807) is 41.2 Å². The minimum absolute atomic E-state index is 0.0322. The standard InChI is InChI=1S/C21H24N4O4/c1-3-17-20(18(4-2)25(23-17)9-10-26)29-16-12-14(21(22)28)11-15(13-16)24-8-6-5-7-19(24)27/h5-8,11-13,26H,3-4,9-10H2,1-2H3,(H2,22,28). The molecule has 0 unspecified atom stereocenters. The maximum absolute atomic E-state index is 12.2. The Kier molecular flexibility index (Phi) is 6.13. The SMILES string of the molecule is CCc1nn(CCO)c(CC)c1Oc1cc(C(N)=O)cc(-n2ccccc2=O)c1. The van der Waals surface area contributed by atoms with E-state index in [1.165, 1.54) is 10.6 Å². The van der Waals surface area contributed by atoms with E-state index in [0.29, 0.717) is 36.6 Å². The minimum atomic E-state index is -0.622. The van der Waals surface area contributed by atoms with Crippen molar-refractivity contribution in [2.24, 2.45) is 5.73 Å². The van der Waals surface area contributed by atoms with Crippen LogP contribution in [0.15, 0.2) is 47.4 Å². The molecule has 1 amide bonds. The number of primary amides is 1. The molecule has 0 aliphatic carbocycles. The van der Waals surface area contributed by atoms with Gasteiger partial charge in [0.1, 0.15) is 11.4 Å². The van der Waals surface area contributed by atoms with E-state index in [1.807, 2.05) is 13.8 Å². The van der Waals surface area contributed by atoms with Gasteiger partial charge in [-0.05, 0) is 31.0 Å². The van der Waals surface area contributed by atoms with Crippen molar-refractivity contribution < 1.29 is 14.6 Å². The monoisotopic (exact) mass is 396 g/mol. The molecule has 3 rings (SSSR count). The van der Waals surface area contributed by atoms with Crippen LogP contribution in [0.3, 0.4) is 0 Å². The molecule has 0 spiro atoms. The highest BCUT2D eigenvalue weighted by Crippen LogP contribution is 2.32. The van der Waals surface area contributed by atoms with Crippen LogP contribution in [0.4, 0.5) is 0 Å². The van der Waals surface area contributed by atoms with E-state index in [0.717, 1.165) is 11.4 Å². The summed E-state index contributed by atoms with van der Waals surface area (Å²) in [5.41, 5.74) is 7.55. The van der Waals surface area contributed by atoms with Crippen LogP contribution in [0.5, 0.6) is 11.5 Å². The lowest BCUT2D eigenvalue weighted by Crippen LogP contribution is -2.17. The Bertz CT molecular complexity index is 1080. The Hall–Kier alpha value is -3.39. The van der Waals surface area contributed by atoms with Crippen LogP contribution in [0.1, 0.15) is 35.6 Å². The van der Waals surface area contributed by atoms with Crippen LogP contribution < -0.4 is 16.0 Å². The largest absolute Gasteiger partial charge is 0.453 e. The number of aromatic nitrogens is 3. The van der Waals surface area contributed by atoms with E-state index >= 15 is 0 Å². The molecular weight excluding hydrogens is 372 g/mol. The average molecular weight is 396 g/mol. The number of ether oxygens (including phenoxy) is 1. The van der Waals surface area contributed by atoms with Gasteiger partial charge in [0, 0.05) is 23.9 Å². The Morgan fingerprint density at radius 2 is 2.00 bits per heavy atom. The highest BCUT2D eigenvalue weighted by molar-refractivity contribution is 5.93. The lowest BCUT2D eigenvalue weighted by Gasteiger charge is -2.13. The Labute approximate surface area is 168 Å². The Balaban J connectivity index is 2.12. The highest BCUT2D eigenvalue weighted by atomic mass is 16.5. The summed E-state index contributed by atoms with van der Waals surface area (Å²) in [6.45, 7) is 4.28. The number of nitrogens with zero attached hydrogens (tertiary/aromatic N) is 3. The maximum Gasteiger partial charge on any atom is 0.255 e. The molecule has 0 aliphatic rings. The minimum Gasteiger partial charge on any atom is -0.453 e. The third-order valence-corrected chi connectivity index (χ3v) is 4.56. The quantitative estimate of drug-likeness (QED) is 0.605. The fraction of sp³-hybridized carbons (Fsp3) is 0.286. The van der Waals surface area contributed by atoms with Gasteiger partial charge in [0.2, 0.25) is 5.91 Å². The first-order valence-electron chi connectivity index (χ1n) is 9.48. The molecule has 0 fully saturated rings. The van der Waals surface area contributed by atoms with Gasteiger partial charge in [-0.2, -0.15) is 5.10 Å². The summed E-state index contributed by atoms with van der Waals surface area (Å²) in [5.74, 6) is 0.347. The number of aliphatic hydroxyl groups excluding tert-OH is 1. The number of carbonyl (C=O) groups is 1. The van der Waals surface area contributed by atoms with Gasteiger partial charge in [0.25, 0.3) is 5.56 Å². The van der Waals surface area contributed by atoms with Gasteiger partial charge in [-0.15, -0.1) is 0 Å². The van der Waals surface area contributed by atoms with Crippen LogP contribution in [0.2, 0.25) is 0 Å². The van der Waals surface area contributed by atoms with Crippen LogP contribution in [-0.2, 0) is 19.4 Å². The molecule has 3 N–H and O–H groups in total. The number of aliphatic hydroxyl groups is 1. The molecule has 3 aromatic rings. The van der Waals surface area contributed by atoms with Gasteiger partial charge >= 0.3 is 0 Å². The fourth-order valence-corrected chi connectivity index (χ4v) is 3.19. The van der Waals surface area contributed by atoms with Crippen molar-refractivity contribution in [3.63, 3.8) is 0 Å². The fourth-order valence-electron chi connectivity index (χ4n) is 3.19. The lowest BCUT2D eigenvalue weighted by molar-refractivity contribution is 0.1000. The van der Waals surface area contributed by atoms with Gasteiger partial charge in [-0.25, -0.2) is 0 Å². The third kappa shape index (κ3) is 4.22. The van der Waals surface area contributed by atoms with Crippen molar-refractivity contribution in [3.8, 4) is 17.2 Å². The van der Waals surface area contributed by atoms with Crippen LogP contribution in [0, 0.1) is 0 Å². The van der Waals surface area contributed by atoms with Crippen molar-refractivity contribution in [2.75, 3.05) is 6.61 Å². The average Bonchev–Trinajstić information content (AvgIpc) is 3.04. The summed E-state index contributed by atoms with van der Waals surface area (Å²) >= 11 is 0. The maximum atomic E-state index is 12.2. The summed E-state index contributed by atoms with van der Waals surface area (Å²) in [5, 5.41) is 13.8. The van der Waals surface area contributed by atoms with Crippen molar-refractivity contribution in [1.29, 1.82) is 0 Å². The second-order valence-electron chi connectivity index (χ2n) is 6.47. The molecule has 0 atom stereocenters. The molecule has 1 aromatic carbocycles. The van der Waals surface area contributed by atoms with Gasteiger partial charge < -0.3 is 15.6 Å². The summed E-state index contributed by atoms with van der Waals surface area (Å²) in [6.07, 6.45) is 2.91. The van der Waals surface area contributed by atoms with Crippen molar-refractivity contribution in [3.05, 3.63) is 69.9 Å². The van der Waals surface area contributed by atoms with Crippen LogP contribution >= 0.6 is 0 Å². The topological polar surface area (TPSA) is 112 Å². The van der Waals surface area contributed by atoms with E-state index in [2.05, 4.69) is 5.10 Å². The van der Waals surface area contributed by atoms with Crippen molar-refractivity contribution in [2.45, 2.75) is 33.2 Å². The van der Waals surface area contributed by atoms with Gasteiger partial charge in [0.15, 0.2) is 5.75 Å². The highest BCUT2D eigenvalue weighted by Gasteiger charge is 2.19. The molecule has 29 heavy (non-hydrogen) atoms. The summed E-state index contributed by atoms with van der Waals surface area (Å²) < 4.78 is 9.30. The first-order valence-corrected chi connectivity index (χ1v) is 9.48. The zero-order chi connectivity index (χ0) is 21.0. The molecule has 0 saturated heterocycles. The normalized spacial score (nSPS) is 10.9. The second-order valence-corrected chi connectivity index (χ2v) is 6.47. The summed E-state index contributed by atoms with van der Waals surface area (Å²) in [6, 6.07) is 9.57. The second kappa shape index (κ2) is 8.74. The number of hydrogen-bond donors (Lipinski definition) is 2. The van der Waals surface area contributed by atoms with Gasteiger partial charge in [-0.3, -0.25) is 18.8 Å². The molecule has 152 valence electrons. The number of aryl methyl sites for hydroxylation is 1. The van der Waals surface area contributed by atoms with Crippen LogP contribution in [-0.4, -0.2) is 32.0 Å². The smallest absolute Gasteiger partial charge is 0.255 e. The van der Waals surface area contributed by atoms with Crippen molar-refractivity contribution in [1.82, 2.24) is 14.3 Å². The molecule has 0 saturated carbocycles. The lowest BCUT2D eigenvalue weighted by atomic mass is 10.1. The predicted molar refractivity (Wildman–Crippen MR) is 109 cm³/mol. The number of amides is 1. The Morgan fingerprint density at radius 1 is 1.21 bits per heavy atom. The number of pyridine rings is 1. The summed E-state index contributed by atoms with van der Waals surface area (Å²) in [4.78, 5) is 24.1. The number of hydrogen-bond acceptors (Lipinski definition) is 5. The van der Waals surface area contributed by atoms with E-state index in [9.17, 15) is 14.7 Å². The number of benzene rings is 1. The number of nitrogens with two attached hydrogens (primary N) is 1. The molecule has 8 heteroatoms. The molecule has 0 aliphatic heterocycles. The molecule has 8 nitrogen and oxygen atoms in total. The number of carbonyl (C=O) groups excluding carboxylic acids is 1. The zero-order valence-electron chi connectivity index (χ0n) is 16.5. The van der Waals surface area contributed by atoms with Crippen molar-refractivity contribution >= 4 is 5.91 Å². The molecular formula is C21H24N4O4. The molecule has 2 aromatic heterocycles. The Morgan fingerprint density at radius 3 is 2.62 bits per heavy atom. The van der Waals surface area contributed by atoms with Crippen LogP contribution in [0.25, 0.3) is 5.69 Å². The first kappa shape index (κ1) is 20.3. The first-order chi connectivity index (χ1) is 14.0.